The van der Waals surface area contributed by atoms with Gasteiger partial charge in [-0.05, 0) is 36.2 Å². The van der Waals surface area contributed by atoms with Crippen molar-refractivity contribution in [2.75, 3.05) is 4.90 Å². The first-order chi connectivity index (χ1) is 9.97. The number of nitrogens with zero attached hydrogens (tertiary/aromatic N) is 2. The Morgan fingerprint density at radius 3 is 2.62 bits per heavy atom. The monoisotopic (exact) mass is 288 g/mol. The summed E-state index contributed by atoms with van der Waals surface area (Å²) < 4.78 is 27.2. The van der Waals surface area contributed by atoms with Crippen molar-refractivity contribution in [2.24, 2.45) is 0 Å². The number of benzene rings is 1. The molecule has 0 fully saturated rings. The van der Waals surface area contributed by atoms with Crippen LogP contribution in [0.1, 0.15) is 21.5 Å². The minimum absolute atomic E-state index is 0.0434. The van der Waals surface area contributed by atoms with Crippen LogP contribution < -0.4 is 4.90 Å². The van der Waals surface area contributed by atoms with Crippen LogP contribution in [-0.2, 0) is 11.3 Å². The predicted molar refractivity (Wildman–Crippen MR) is 70.9 cm³/mol. The molecule has 106 valence electrons. The Morgan fingerprint density at radius 2 is 1.90 bits per heavy atom. The summed E-state index contributed by atoms with van der Waals surface area (Å²) in [5.74, 6) is -2.78. The highest BCUT2D eigenvalue weighted by molar-refractivity contribution is 6.52. The SMILES string of the molecule is Cc1cc(F)c2c(c1)C(=O)C(=O)N2Cc1cncc(F)c1. The lowest BCUT2D eigenvalue weighted by Gasteiger charge is -2.17. The van der Waals surface area contributed by atoms with Crippen LogP contribution in [-0.4, -0.2) is 16.7 Å². The van der Waals surface area contributed by atoms with Gasteiger partial charge < -0.3 is 0 Å². The van der Waals surface area contributed by atoms with Gasteiger partial charge in [0.2, 0.25) is 0 Å². The first-order valence-corrected chi connectivity index (χ1v) is 6.23. The second-order valence-corrected chi connectivity index (χ2v) is 4.87. The van der Waals surface area contributed by atoms with Crippen LogP contribution in [0.4, 0.5) is 14.5 Å². The van der Waals surface area contributed by atoms with Crippen molar-refractivity contribution >= 4 is 17.4 Å². The van der Waals surface area contributed by atoms with E-state index < -0.39 is 23.3 Å². The van der Waals surface area contributed by atoms with Gasteiger partial charge in [0.1, 0.15) is 11.6 Å². The number of anilines is 1. The highest BCUT2D eigenvalue weighted by Gasteiger charge is 2.38. The summed E-state index contributed by atoms with van der Waals surface area (Å²) in [6.45, 7) is 1.53. The maximum absolute atomic E-state index is 14.1. The summed E-state index contributed by atoms with van der Waals surface area (Å²) in [4.78, 5) is 28.6. The number of aromatic nitrogens is 1. The van der Waals surface area contributed by atoms with E-state index in [1.54, 1.807) is 6.92 Å². The molecule has 0 spiro atoms. The number of hydrogen-bond acceptors (Lipinski definition) is 3. The van der Waals surface area contributed by atoms with E-state index in [0.29, 0.717) is 11.1 Å². The highest BCUT2D eigenvalue weighted by atomic mass is 19.1. The first-order valence-electron chi connectivity index (χ1n) is 6.23. The van der Waals surface area contributed by atoms with Gasteiger partial charge in [-0.25, -0.2) is 8.78 Å². The Bertz CT molecular complexity index is 774. The fourth-order valence-corrected chi connectivity index (χ4v) is 2.40. The van der Waals surface area contributed by atoms with E-state index in [0.717, 1.165) is 11.1 Å². The van der Waals surface area contributed by atoms with Crippen molar-refractivity contribution < 1.29 is 18.4 Å². The molecule has 2 aromatic rings. The number of fused-ring (bicyclic) bond motifs is 1. The lowest BCUT2D eigenvalue weighted by Crippen LogP contribution is -2.29. The number of ketones is 1. The van der Waals surface area contributed by atoms with Gasteiger partial charge in [0.05, 0.1) is 24.0 Å². The molecular formula is C15H10F2N2O2. The van der Waals surface area contributed by atoms with Gasteiger partial charge in [-0.1, -0.05) is 0 Å². The van der Waals surface area contributed by atoms with Gasteiger partial charge >= 0.3 is 0 Å². The fraction of sp³-hybridized carbons (Fsp3) is 0.133. The molecule has 4 nitrogen and oxygen atoms in total. The molecule has 0 saturated carbocycles. The Balaban J connectivity index is 2.05. The maximum atomic E-state index is 14.1. The normalized spacial score (nSPS) is 13.8. The van der Waals surface area contributed by atoms with E-state index in [1.807, 2.05) is 0 Å². The molecule has 0 radical (unpaired) electrons. The van der Waals surface area contributed by atoms with Crippen LogP contribution in [0.15, 0.2) is 30.6 Å². The number of amides is 1. The van der Waals surface area contributed by atoms with Crippen LogP contribution in [0.2, 0.25) is 0 Å². The van der Waals surface area contributed by atoms with E-state index in [4.69, 9.17) is 0 Å². The van der Waals surface area contributed by atoms with Gasteiger partial charge in [0.25, 0.3) is 11.7 Å². The Hall–Kier alpha value is -2.63. The first kappa shape index (κ1) is 13.4. The zero-order valence-corrected chi connectivity index (χ0v) is 11.1. The van der Waals surface area contributed by atoms with Crippen molar-refractivity contribution in [3.8, 4) is 0 Å². The molecule has 0 atom stereocenters. The number of halogens is 2. The van der Waals surface area contributed by atoms with Gasteiger partial charge in [-0.15, -0.1) is 0 Å². The van der Waals surface area contributed by atoms with Gasteiger partial charge in [-0.2, -0.15) is 0 Å². The average molecular weight is 288 g/mol. The van der Waals surface area contributed by atoms with Crippen molar-refractivity contribution in [1.82, 2.24) is 4.98 Å². The van der Waals surface area contributed by atoms with Gasteiger partial charge in [0.15, 0.2) is 0 Å². The second-order valence-electron chi connectivity index (χ2n) is 4.87. The molecule has 2 heterocycles. The summed E-state index contributed by atoms with van der Waals surface area (Å²) >= 11 is 0. The molecule has 1 aliphatic rings. The molecule has 21 heavy (non-hydrogen) atoms. The second kappa shape index (κ2) is 4.73. The number of hydrogen-bond donors (Lipinski definition) is 0. The molecule has 0 aliphatic carbocycles. The molecule has 6 heteroatoms. The molecule has 1 aromatic heterocycles. The van der Waals surface area contributed by atoms with Crippen LogP contribution in [0, 0.1) is 18.6 Å². The minimum atomic E-state index is -0.821. The Kier molecular flexibility index (Phi) is 3.01. The lowest BCUT2D eigenvalue weighted by atomic mass is 10.1. The zero-order valence-electron chi connectivity index (χ0n) is 11.1. The van der Waals surface area contributed by atoms with Crippen LogP contribution in [0.25, 0.3) is 0 Å². The van der Waals surface area contributed by atoms with E-state index in [-0.39, 0.29) is 17.8 Å². The quantitative estimate of drug-likeness (QED) is 0.797. The number of rotatable bonds is 2. The van der Waals surface area contributed by atoms with Crippen molar-refractivity contribution in [3.05, 3.63) is 58.9 Å². The zero-order chi connectivity index (χ0) is 15.1. The summed E-state index contributed by atoms with van der Waals surface area (Å²) in [5.41, 5.74) is 0.923. The molecule has 3 rings (SSSR count). The van der Waals surface area contributed by atoms with E-state index in [9.17, 15) is 18.4 Å². The molecule has 1 aliphatic heterocycles. The molecule has 1 amide bonds. The Labute approximate surface area is 119 Å². The van der Waals surface area contributed by atoms with Crippen molar-refractivity contribution in [2.45, 2.75) is 13.5 Å². The summed E-state index contributed by atoms with van der Waals surface area (Å²) in [6, 6.07) is 3.92. The maximum Gasteiger partial charge on any atom is 0.299 e. The predicted octanol–water partition coefficient (Wildman–Crippen LogP) is 2.40. The molecule has 1 aromatic carbocycles. The smallest absolute Gasteiger partial charge is 0.297 e. The topological polar surface area (TPSA) is 50.3 Å². The van der Waals surface area contributed by atoms with Crippen molar-refractivity contribution in [1.29, 1.82) is 0 Å². The standard InChI is InChI=1S/C15H10F2N2O2/c1-8-2-11-13(12(17)3-8)19(15(21)14(11)20)7-9-4-10(16)6-18-5-9/h2-6H,7H2,1H3. The van der Waals surface area contributed by atoms with E-state index in [1.165, 1.54) is 24.4 Å². The molecule has 0 bridgehead atoms. The van der Waals surface area contributed by atoms with Gasteiger partial charge in [0, 0.05) is 6.20 Å². The summed E-state index contributed by atoms with van der Waals surface area (Å²) in [7, 11) is 0. The fourth-order valence-electron chi connectivity index (χ4n) is 2.40. The van der Waals surface area contributed by atoms with E-state index >= 15 is 0 Å². The molecular weight excluding hydrogens is 278 g/mol. The number of Topliss-reactive ketones (excluding diaryl/α,β-unsaturated/α-hetero) is 1. The third-order valence-electron chi connectivity index (χ3n) is 3.26. The number of aryl methyl sites for hydroxylation is 1. The average Bonchev–Trinajstić information content (AvgIpc) is 2.64. The third-order valence-corrected chi connectivity index (χ3v) is 3.26. The van der Waals surface area contributed by atoms with Crippen LogP contribution in [0.3, 0.4) is 0 Å². The largest absolute Gasteiger partial charge is 0.299 e. The minimum Gasteiger partial charge on any atom is -0.297 e. The van der Waals surface area contributed by atoms with Crippen molar-refractivity contribution in [3.63, 3.8) is 0 Å². The number of pyridine rings is 1. The summed E-state index contributed by atoms with van der Waals surface area (Å²) in [5, 5.41) is 0. The van der Waals surface area contributed by atoms with Gasteiger partial charge in [-0.3, -0.25) is 19.5 Å². The van der Waals surface area contributed by atoms with E-state index in [2.05, 4.69) is 4.98 Å². The molecule has 0 saturated heterocycles. The number of carbonyl (C=O) groups excluding carboxylic acids is 2. The molecule has 0 unspecified atom stereocenters. The lowest BCUT2D eigenvalue weighted by molar-refractivity contribution is -0.114. The van der Waals surface area contributed by atoms with Crippen LogP contribution in [0.5, 0.6) is 0 Å². The van der Waals surface area contributed by atoms with Crippen LogP contribution >= 0.6 is 0 Å². The third kappa shape index (κ3) is 2.18. The Morgan fingerprint density at radius 1 is 1.14 bits per heavy atom. The number of carbonyl (C=O) groups is 2. The highest BCUT2D eigenvalue weighted by Crippen LogP contribution is 2.33. The molecule has 0 N–H and O–H groups in total. The summed E-state index contributed by atoms with van der Waals surface area (Å²) in [6.07, 6.45) is 2.39.